The van der Waals surface area contributed by atoms with Gasteiger partial charge in [-0.3, -0.25) is 4.79 Å². The van der Waals surface area contributed by atoms with Gasteiger partial charge in [0.1, 0.15) is 5.92 Å². The van der Waals surface area contributed by atoms with E-state index in [1.54, 1.807) is 14.0 Å². The molecule has 0 aliphatic carbocycles. The molecule has 1 aromatic rings. The van der Waals surface area contributed by atoms with Gasteiger partial charge in [-0.1, -0.05) is 12.1 Å². The van der Waals surface area contributed by atoms with Gasteiger partial charge in [0.15, 0.2) is 22.3 Å². The second-order valence-electron chi connectivity index (χ2n) is 5.94. The maximum Gasteiger partial charge on any atom is 0.317 e. The first kappa shape index (κ1) is 16.8. The van der Waals surface area contributed by atoms with Crippen LogP contribution in [0.2, 0.25) is 0 Å². The average Bonchev–Trinajstić information content (AvgIpc) is 2.54. The zero-order valence-corrected chi connectivity index (χ0v) is 15.1. The van der Waals surface area contributed by atoms with Crippen LogP contribution in [-0.4, -0.2) is 42.0 Å². The summed E-state index contributed by atoms with van der Waals surface area (Å²) in [6, 6.07) is 5.33. The van der Waals surface area contributed by atoms with Crippen molar-refractivity contribution < 1.29 is 19.0 Å². The lowest BCUT2D eigenvalue weighted by atomic mass is 9.79. The summed E-state index contributed by atoms with van der Waals surface area (Å²) in [5.41, 5.74) is -0.0849. The number of nitrogens with one attached hydrogen (secondary N) is 1. The molecule has 0 amide bonds. The molecule has 0 saturated carbocycles. The van der Waals surface area contributed by atoms with Crippen LogP contribution in [0.4, 0.5) is 0 Å². The number of rotatable bonds is 4. The normalized spacial score (nSPS) is 27.7. The van der Waals surface area contributed by atoms with Crippen LogP contribution in [0.1, 0.15) is 32.4 Å². The van der Waals surface area contributed by atoms with Gasteiger partial charge in [0.2, 0.25) is 0 Å². The van der Waals surface area contributed by atoms with Crippen LogP contribution in [0.15, 0.2) is 18.2 Å². The van der Waals surface area contributed by atoms with E-state index in [0.29, 0.717) is 29.8 Å². The molecule has 6 nitrogen and oxygen atoms in total. The van der Waals surface area contributed by atoms with Crippen molar-refractivity contribution in [2.45, 2.75) is 32.5 Å². The van der Waals surface area contributed by atoms with Gasteiger partial charge in [0.25, 0.3) is 0 Å². The highest BCUT2D eigenvalue weighted by atomic mass is 32.1. The van der Waals surface area contributed by atoms with Crippen LogP contribution in [0, 0.1) is 5.92 Å². The van der Waals surface area contributed by atoms with Gasteiger partial charge in [0, 0.05) is 12.1 Å². The molecule has 0 aromatic heterocycles. The molecule has 3 rings (SSSR count). The van der Waals surface area contributed by atoms with Gasteiger partial charge in [-0.2, -0.15) is 0 Å². The van der Waals surface area contributed by atoms with Crippen molar-refractivity contribution in [3.63, 3.8) is 0 Å². The van der Waals surface area contributed by atoms with Gasteiger partial charge in [-0.15, -0.1) is 0 Å². The van der Waals surface area contributed by atoms with E-state index < -0.39 is 11.6 Å². The zero-order valence-electron chi connectivity index (χ0n) is 14.3. The first-order chi connectivity index (χ1) is 11.5. The number of hydrogen-bond donors (Lipinski definition) is 1. The summed E-state index contributed by atoms with van der Waals surface area (Å²) in [5, 5.41) is 3.86. The summed E-state index contributed by atoms with van der Waals surface area (Å²) in [7, 11) is 1.60. The van der Waals surface area contributed by atoms with Crippen LogP contribution in [0.25, 0.3) is 0 Å². The highest BCUT2D eigenvalue weighted by molar-refractivity contribution is 7.80. The van der Waals surface area contributed by atoms with Gasteiger partial charge in [-0.25, -0.2) is 0 Å². The number of nitrogens with zero attached hydrogens (tertiary/aromatic N) is 1. The van der Waals surface area contributed by atoms with E-state index in [9.17, 15) is 4.79 Å². The number of esters is 1. The quantitative estimate of drug-likeness (QED) is 0.660. The molecule has 1 fully saturated rings. The van der Waals surface area contributed by atoms with E-state index in [2.05, 4.69) is 5.32 Å². The number of para-hydroxylation sites is 1. The Bertz CT molecular complexity index is 681. The monoisotopic (exact) mass is 350 g/mol. The minimum Gasteiger partial charge on any atom is -0.493 e. The maximum atomic E-state index is 12.7. The minimum atomic E-state index is -0.935. The summed E-state index contributed by atoms with van der Waals surface area (Å²) in [6.45, 7) is 6.58. The predicted octanol–water partition coefficient (Wildman–Crippen LogP) is 2.23. The fraction of sp³-hybridized carbons (Fsp3) is 0.529. The summed E-state index contributed by atoms with van der Waals surface area (Å²) < 4.78 is 17.1. The summed E-state index contributed by atoms with van der Waals surface area (Å²) >= 11 is 5.50. The summed E-state index contributed by atoms with van der Waals surface area (Å²) in [6.07, 6.45) is 0. The smallest absolute Gasteiger partial charge is 0.317 e. The standard InChI is InChI=1S/C17H22N2O4S/c1-5-19-16(24)18-13-10-8-7-9-11(21-4)14(10)23-17(19,3)12(13)15(20)22-6-2/h7-9,12-13H,5-6H2,1-4H3,(H,18,24)/t12-,13+,17-/m1/s1. The largest absolute Gasteiger partial charge is 0.493 e. The Hall–Kier alpha value is -2.02. The van der Waals surface area contributed by atoms with Crippen LogP contribution in [0.5, 0.6) is 11.5 Å². The zero-order chi connectivity index (χ0) is 17.5. The second kappa shape index (κ2) is 6.12. The second-order valence-corrected chi connectivity index (χ2v) is 6.32. The average molecular weight is 350 g/mol. The van der Waals surface area contributed by atoms with E-state index in [-0.39, 0.29) is 12.0 Å². The molecule has 2 aliphatic rings. The number of ether oxygens (including phenoxy) is 3. The maximum absolute atomic E-state index is 12.7. The third kappa shape index (κ3) is 2.30. The van der Waals surface area contributed by atoms with Gasteiger partial charge in [-0.05, 0) is 39.1 Å². The Labute approximate surface area is 147 Å². The van der Waals surface area contributed by atoms with Crippen LogP contribution in [-0.2, 0) is 9.53 Å². The van der Waals surface area contributed by atoms with Crippen LogP contribution >= 0.6 is 12.2 Å². The molecule has 0 spiro atoms. The highest BCUT2D eigenvalue weighted by Crippen LogP contribution is 2.51. The lowest BCUT2D eigenvalue weighted by Crippen LogP contribution is -2.71. The molecule has 24 heavy (non-hydrogen) atoms. The molecular weight excluding hydrogens is 328 g/mol. The van der Waals surface area contributed by atoms with E-state index >= 15 is 0 Å². The van der Waals surface area contributed by atoms with Crippen molar-refractivity contribution in [2.75, 3.05) is 20.3 Å². The van der Waals surface area contributed by atoms with Crippen molar-refractivity contribution in [3.05, 3.63) is 23.8 Å². The Kier molecular flexibility index (Phi) is 4.29. The molecule has 2 aliphatic heterocycles. The number of thiocarbonyl (C=S) groups is 1. The third-order valence-corrected chi connectivity index (χ3v) is 5.04. The number of benzene rings is 1. The SMILES string of the molecule is CCOC(=O)[C@H]1[C@H]2NC(=S)N(CC)[C@]1(C)Oc1c(OC)cccc12. The van der Waals surface area contributed by atoms with E-state index in [1.807, 2.05) is 36.9 Å². The van der Waals surface area contributed by atoms with Gasteiger partial charge in [0.05, 0.1) is 19.8 Å². The molecule has 7 heteroatoms. The molecule has 3 atom stereocenters. The van der Waals surface area contributed by atoms with E-state index in [1.165, 1.54) is 0 Å². The molecule has 130 valence electrons. The Morgan fingerprint density at radius 1 is 1.46 bits per heavy atom. The van der Waals surface area contributed by atoms with Crippen molar-refractivity contribution in [1.82, 2.24) is 10.2 Å². The topological polar surface area (TPSA) is 60.0 Å². The van der Waals surface area contributed by atoms with Crippen molar-refractivity contribution in [1.29, 1.82) is 0 Å². The molecule has 1 saturated heterocycles. The summed E-state index contributed by atoms with van der Waals surface area (Å²) in [5.74, 6) is 0.439. The summed E-state index contributed by atoms with van der Waals surface area (Å²) in [4.78, 5) is 14.6. The Balaban J connectivity index is 2.18. The van der Waals surface area contributed by atoms with E-state index in [4.69, 9.17) is 26.4 Å². The van der Waals surface area contributed by atoms with Crippen LogP contribution < -0.4 is 14.8 Å². The molecule has 0 unspecified atom stereocenters. The Morgan fingerprint density at radius 3 is 2.83 bits per heavy atom. The Morgan fingerprint density at radius 2 is 2.21 bits per heavy atom. The lowest BCUT2D eigenvalue weighted by Gasteiger charge is -2.55. The fourth-order valence-electron chi connectivity index (χ4n) is 3.65. The molecule has 1 N–H and O–H groups in total. The molecule has 2 bridgehead atoms. The number of fused-ring (bicyclic) bond motifs is 4. The molecule has 1 aromatic carbocycles. The van der Waals surface area contributed by atoms with Crippen LogP contribution in [0.3, 0.4) is 0 Å². The number of methoxy groups -OCH3 is 1. The highest BCUT2D eigenvalue weighted by Gasteiger charge is 2.59. The third-order valence-electron chi connectivity index (χ3n) is 4.70. The molecule has 0 radical (unpaired) electrons. The van der Waals surface area contributed by atoms with Gasteiger partial charge < -0.3 is 24.4 Å². The fourth-order valence-corrected chi connectivity index (χ4v) is 4.08. The predicted molar refractivity (Wildman–Crippen MR) is 93.0 cm³/mol. The molecular formula is C17H22N2O4S. The van der Waals surface area contributed by atoms with Gasteiger partial charge >= 0.3 is 5.97 Å². The lowest BCUT2D eigenvalue weighted by molar-refractivity contribution is -0.175. The first-order valence-corrected chi connectivity index (χ1v) is 8.49. The van der Waals surface area contributed by atoms with Crippen molar-refractivity contribution >= 4 is 23.3 Å². The molecule has 2 heterocycles. The number of carbonyl (C=O) groups is 1. The first-order valence-electron chi connectivity index (χ1n) is 8.08. The van der Waals surface area contributed by atoms with Crippen molar-refractivity contribution in [3.8, 4) is 11.5 Å². The van der Waals surface area contributed by atoms with E-state index in [0.717, 1.165) is 5.56 Å². The minimum absolute atomic E-state index is 0.299. The number of hydrogen-bond acceptors (Lipinski definition) is 5. The van der Waals surface area contributed by atoms with Crippen molar-refractivity contribution in [2.24, 2.45) is 5.92 Å². The number of carbonyl (C=O) groups excluding carboxylic acids is 1.